The number of nitrogens with one attached hydrogen (secondary N) is 1. The predicted octanol–water partition coefficient (Wildman–Crippen LogP) is 4.11. The molecule has 198 valence electrons. The molecule has 10 heteroatoms. The standard InChI is InChI=1S/C28H31FN6O3/c1-19-14-15-23(38-19)25(27(37)30-28(2,3)4)34(17-16-20-10-6-5-7-11-20)24(36)18-35-32-26(31-33-35)21-12-8-9-13-22(21)29/h5-15,25H,16-18H2,1-4H3,(H,30,37). The molecule has 2 heterocycles. The van der Waals surface area contributed by atoms with Gasteiger partial charge in [-0.05, 0) is 69.2 Å². The number of benzene rings is 2. The van der Waals surface area contributed by atoms with Crippen molar-refractivity contribution < 1.29 is 18.4 Å². The lowest BCUT2D eigenvalue weighted by atomic mass is 10.1. The third-order valence-corrected chi connectivity index (χ3v) is 5.74. The van der Waals surface area contributed by atoms with Crippen molar-refractivity contribution in [2.24, 2.45) is 0 Å². The van der Waals surface area contributed by atoms with Gasteiger partial charge in [0, 0.05) is 12.1 Å². The first kappa shape index (κ1) is 26.7. The number of carbonyl (C=O) groups is 2. The van der Waals surface area contributed by atoms with Crippen LogP contribution in [0.2, 0.25) is 0 Å². The fraction of sp³-hybridized carbons (Fsp3) is 0.321. The van der Waals surface area contributed by atoms with Crippen molar-refractivity contribution in [1.82, 2.24) is 30.4 Å². The van der Waals surface area contributed by atoms with Gasteiger partial charge in [-0.3, -0.25) is 9.59 Å². The zero-order chi connectivity index (χ0) is 27.3. The van der Waals surface area contributed by atoms with Crippen LogP contribution in [0.4, 0.5) is 4.39 Å². The van der Waals surface area contributed by atoms with Crippen molar-refractivity contribution in [3.63, 3.8) is 0 Å². The highest BCUT2D eigenvalue weighted by Gasteiger charge is 2.35. The van der Waals surface area contributed by atoms with Crippen LogP contribution < -0.4 is 5.32 Å². The van der Waals surface area contributed by atoms with Crippen LogP contribution in [0.15, 0.2) is 71.1 Å². The van der Waals surface area contributed by atoms with Gasteiger partial charge < -0.3 is 14.6 Å². The van der Waals surface area contributed by atoms with Gasteiger partial charge in [-0.25, -0.2) is 4.39 Å². The van der Waals surface area contributed by atoms with E-state index in [1.165, 1.54) is 17.0 Å². The summed E-state index contributed by atoms with van der Waals surface area (Å²) < 4.78 is 20.1. The molecule has 2 aromatic carbocycles. The molecule has 0 fully saturated rings. The Hall–Kier alpha value is -4.34. The van der Waals surface area contributed by atoms with Gasteiger partial charge in [0.2, 0.25) is 11.7 Å². The highest BCUT2D eigenvalue weighted by Crippen LogP contribution is 2.26. The van der Waals surface area contributed by atoms with Crippen molar-refractivity contribution in [2.45, 2.75) is 52.2 Å². The number of halogens is 1. The Balaban J connectivity index is 1.65. The normalized spacial score (nSPS) is 12.2. The molecule has 2 aromatic heterocycles. The lowest BCUT2D eigenvalue weighted by molar-refractivity contribution is -0.143. The molecule has 0 spiro atoms. The van der Waals surface area contributed by atoms with Gasteiger partial charge in [-0.15, -0.1) is 10.2 Å². The second kappa shape index (κ2) is 11.4. The SMILES string of the molecule is Cc1ccc(C(C(=O)NC(C)(C)C)N(CCc2ccccc2)C(=O)Cn2nnc(-c3ccccc3F)n2)o1. The second-order valence-corrected chi connectivity index (χ2v) is 10.0. The smallest absolute Gasteiger partial charge is 0.251 e. The molecule has 4 aromatic rings. The number of amides is 2. The molecule has 0 aliphatic heterocycles. The summed E-state index contributed by atoms with van der Waals surface area (Å²) in [7, 11) is 0. The largest absolute Gasteiger partial charge is 0.464 e. The number of tetrazole rings is 1. The zero-order valence-electron chi connectivity index (χ0n) is 21.9. The van der Waals surface area contributed by atoms with Gasteiger partial charge in [0.25, 0.3) is 5.91 Å². The quantitative estimate of drug-likeness (QED) is 0.358. The van der Waals surface area contributed by atoms with E-state index in [9.17, 15) is 14.0 Å². The molecule has 1 unspecified atom stereocenters. The number of hydrogen-bond donors (Lipinski definition) is 1. The lowest BCUT2D eigenvalue weighted by Gasteiger charge is -2.32. The number of carbonyl (C=O) groups excluding carboxylic acids is 2. The number of furan rings is 1. The number of rotatable bonds is 9. The van der Waals surface area contributed by atoms with Gasteiger partial charge >= 0.3 is 0 Å². The third kappa shape index (κ3) is 6.70. The monoisotopic (exact) mass is 518 g/mol. The van der Waals surface area contributed by atoms with E-state index < -0.39 is 23.3 Å². The molecule has 0 aliphatic rings. The van der Waals surface area contributed by atoms with Gasteiger partial charge in [-0.1, -0.05) is 42.5 Å². The van der Waals surface area contributed by atoms with Crippen LogP contribution in [0, 0.1) is 12.7 Å². The summed E-state index contributed by atoms with van der Waals surface area (Å²) in [5.41, 5.74) is 0.657. The maximum atomic E-state index is 14.2. The summed E-state index contributed by atoms with van der Waals surface area (Å²) in [6.45, 7) is 7.33. The van der Waals surface area contributed by atoms with E-state index >= 15 is 0 Å². The van der Waals surface area contributed by atoms with Crippen LogP contribution in [-0.4, -0.2) is 49.0 Å². The topological polar surface area (TPSA) is 106 Å². The van der Waals surface area contributed by atoms with Gasteiger partial charge in [0.05, 0.1) is 5.56 Å². The minimum atomic E-state index is -1.02. The Kier molecular flexibility index (Phi) is 7.99. The summed E-state index contributed by atoms with van der Waals surface area (Å²) in [4.78, 5) is 29.9. The highest BCUT2D eigenvalue weighted by molar-refractivity contribution is 5.88. The van der Waals surface area contributed by atoms with Crippen LogP contribution in [0.5, 0.6) is 0 Å². The zero-order valence-corrected chi connectivity index (χ0v) is 21.9. The Morgan fingerprint density at radius 3 is 2.42 bits per heavy atom. The first-order valence-electron chi connectivity index (χ1n) is 12.4. The van der Waals surface area contributed by atoms with Gasteiger partial charge in [0.15, 0.2) is 6.04 Å². The molecule has 0 bridgehead atoms. The molecule has 4 rings (SSSR count). The van der Waals surface area contributed by atoms with E-state index in [-0.39, 0.29) is 30.4 Å². The number of hydrogen-bond acceptors (Lipinski definition) is 6. The van der Waals surface area contributed by atoms with E-state index in [1.807, 2.05) is 51.1 Å². The van der Waals surface area contributed by atoms with Crippen molar-refractivity contribution in [2.75, 3.05) is 6.54 Å². The van der Waals surface area contributed by atoms with Crippen molar-refractivity contribution in [1.29, 1.82) is 0 Å². The average molecular weight is 519 g/mol. The minimum Gasteiger partial charge on any atom is -0.464 e. The molecule has 0 saturated carbocycles. The van der Waals surface area contributed by atoms with E-state index in [2.05, 4.69) is 20.7 Å². The number of aryl methyl sites for hydroxylation is 1. The van der Waals surface area contributed by atoms with Crippen molar-refractivity contribution in [3.8, 4) is 11.4 Å². The first-order valence-corrected chi connectivity index (χ1v) is 12.4. The molecule has 0 radical (unpaired) electrons. The molecule has 9 nitrogen and oxygen atoms in total. The summed E-state index contributed by atoms with van der Waals surface area (Å²) in [5, 5.41) is 15.0. The summed E-state index contributed by atoms with van der Waals surface area (Å²) in [6.07, 6.45) is 0.511. The molecular formula is C28H31FN6O3. The second-order valence-electron chi connectivity index (χ2n) is 10.0. The van der Waals surface area contributed by atoms with Gasteiger partial charge in [0.1, 0.15) is 23.9 Å². The average Bonchev–Trinajstić information content (AvgIpc) is 3.50. The maximum Gasteiger partial charge on any atom is 0.251 e. The third-order valence-electron chi connectivity index (χ3n) is 5.74. The van der Waals surface area contributed by atoms with Crippen molar-refractivity contribution >= 4 is 11.8 Å². The van der Waals surface area contributed by atoms with Crippen LogP contribution >= 0.6 is 0 Å². The van der Waals surface area contributed by atoms with Gasteiger partial charge in [-0.2, -0.15) is 4.80 Å². The summed E-state index contributed by atoms with van der Waals surface area (Å²) in [6, 6.07) is 18.2. The molecule has 1 atom stereocenters. The van der Waals surface area contributed by atoms with E-state index in [1.54, 1.807) is 31.2 Å². The number of nitrogens with zero attached hydrogens (tertiary/aromatic N) is 5. The Morgan fingerprint density at radius 2 is 1.76 bits per heavy atom. The highest BCUT2D eigenvalue weighted by atomic mass is 19.1. The summed E-state index contributed by atoms with van der Waals surface area (Å²) >= 11 is 0. The Bertz CT molecular complexity index is 1390. The molecule has 1 N–H and O–H groups in total. The lowest BCUT2D eigenvalue weighted by Crippen LogP contribution is -2.50. The minimum absolute atomic E-state index is 0.0652. The fourth-order valence-electron chi connectivity index (χ4n) is 4.03. The van der Waals surface area contributed by atoms with Crippen LogP contribution in [0.25, 0.3) is 11.4 Å². The maximum absolute atomic E-state index is 14.2. The van der Waals surface area contributed by atoms with E-state index in [4.69, 9.17) is 4.42 Å². The van der Waals surface area contributed by atoms with Crippen molar-refractivity contribution in [3.05, 3.63) is 89.6 Å². The molecular weight excluding hydrogens is 487 g/mol. The van der Waals surface area contributed by atoms with Crippen LogP contribution in [-0.2, 0) is 22.6 Å². The first-order chi connectivity index (χ1) is 18.1. The molecule has 2 amide bonds. The van der Waals surface area contributed by atoms with Crippen LogP contribution in [0.3, 0.4) is 0 Å². The number of aromatic nitrogens is 4. The Labute approximate surface area is 220 Å². The van der Waals surface area contributed by atoms with Crippen LogP contribution in [0.1, 0.15) is 43.9 Å². The van der Waals surface area contributed by atoms with E-state index in [0.29, 0.717) is 17.9 Å². The molecule has 38 heavy (non-hydrogen) atoms. The fourth-order valence-corrected chi connectivity index (χ4v) is 4.03. The Morgan fingerprint density at radius 1 is 1.05 bits per heavy atom. The molecule has 0 aliphatic carbocycles. The van der Waals surface area contributed by atoms with E-state index in [0.717, 1.165) is 10.4 Å². The predicted molar refractivity (Wildman–Crippen MR) is 139 cm³/mol. The molecule has 0 saturated heterocycles. The summed E-state index contributed by atoms with van der Waals surface area (Å²) in [5.74, 6) is -0.237.